The molecule has 114 valence electrons. The first-order valence-electron chi connectivity index (χ1n) is 7.20. The molecule has 1 heterocycles. The molecule has 19 heavy (non-hydrogen) atoms. The normalized spacial score (nSPS) is 18.3. The molecule has 0 aromatic carbocycles. The smallest absolute Gasteiger partial charge is 0.188 e. The Morgan fingerprint density at radius 3 is 2.37 bits per heavy atom. The molecule has 0 saturated carbocycles. The molecule has 0 aromatic heterocycles. The third-order valence-electron chi connectivity index (χ3n) is 3.54. The van der Waals surface area contributed by atoms with Crippen LogP contribution in [-0.2, 0) is 0 Å². The van der Waals surface area contributed by atoms with E-state index in [1.54, 1.807) is 0 Å². The number of piperidine rings is 1. The highest BCUT2D eigenvalue weighted by Gasteiger charge is 2.27. The number of hydrogen-bond acceptors (Lipinski definition) is 2. The van der Waals surface area contributed by atoms with Crippen LogP contribution in [0.5, 0.6) is 0 Å². The zero-order valence-corrected chi connectivity index (χ0v) is 15.2. The van der Waals surface area contributed by atoms with Crippen molar-refractivity contribution in [3.63, 3.8) is 0 Å². The van der Waals surface area contributed by atoms with Gasteiger partial charge in [0.1, 0.15) is 0 Å². The molecule has 0 spiro atoms. The lowest BCUT2D eigenvalue weighted by molar-refractivity contribution is 0.102. The van der Waals surface area contributed by atoms with Crippen molar-refractivity contribution < 1.29 is 0 Å². The number of nitrogens with two attached hydrogens (primary N) is 1. The molecule has 4 nitrogen and oxygen atoms in total. The molecule has 1 aliphatic rings. The Balaban J connectivity index is 0.00000324. The largest absolute Gasteiger partial charge is 0.370 e. The predicted molar refractivity (Wildman–Crippen MR) is 94.2 cm³/mol. The summed E-state index contributed by atoms with van der Waals surface area (Å²) in [5.41, 5.74) is 5.99. The van der Waals surface area contributed by atoms with Crippen LogP contribution in [0.2, 0.25) is 0 Å². The first-order chi connectivity index (χ1) is 8.42. The SMILES string of the molecule is CC(C)CNC(N)=NCC(C)(C)N1CCCCC1.I. The maximum atomic E-state index is 5.88. The second-order valence-electron chi connectivity index (χ2n) is 6.34. The molecule has 0 radical (unpaired) electrons. The fourth-order valence-corrected chi connectivity index (χ4v) is 2.24. The highest BCUT2D eigenvalue weighted by Crippen LogP contribution is 2.20. The lowest BCUT2D eigenvalue weighted by Crippen LogP contribution is -2.49. The average Bonchev–Trinajstić information content (AvgIpc) is 2.35. The Kier molecular flexibility index (Phi) is 8.98. The van der Waals surface area contributed by atoms with E-state index < -0.39 is 0 Å². The van der Waals surface area contributed by atoms with Crippen molar-refractivity contribution in [3.8, 4) is 0 Å². The Hall–Kier alpha value is -0.0400. The Bertz CT molecular complexity index is 271. The van der Waals surface area contributed by atoms with Gasteiger partial charge in [0.05, 0.1) is 6.54 Å². The molecule has 3 N–H and O–H groups in total. The Morgan fingerprint density at radius 2 is 1.84 bits per heavy atom. The second-order valence-corrected chi connectivity index (χ2v) is 6.34. The summed E-state index contributed by atoms with van der Waals surface area (Å²) in [7, 11) is 0. The van der Waals surface area contributed by atoms with Gasteiger partial charge < -0.3 is 11.1 Å². The zero-order chi connectivity index (χ0) is 13.6. The summed E-state index contributed by atoms with van der Waals surface area (Å²) in [4.78, 5) is 7.02. The molecular weight excluding hydrogens is 351 g/mol. The van der Waals surface area contributed by atoms with Crippen molar-refractivity contribution in [1.82, 2.24) is 10.2 Å². The Labute approximate surface area is 135 Å². The van der Waals surface area contributed by atoms with Crippen LogP contribution in [0, 0.1) is 5.92 Å². The lowest BCUT2D eigenvalue weighted by atomic mass is 9.99. The van der Waals surface area contributed by atoms with Crippen molar-refractivity contribution >= 4 is 29.9 Å². The van der Waals surface area contributed by atoms with Crippen LogP contribution < -0.4 is 11.1 Å². The van der Waals surface area contributed by atoms with Crippen molar-refractivity contribution in [2.75, 3.05) is 26.2 Å². The van der Waals surface area contributed by atoms with Gasteiger partial charge in [-0.15, -0.1) is 24.0 Å². The summed E-state index contributed by atoms with van der Waals surface area (Å²) >= 11 is 0. The summed E-state index contributed by atoms with van der Waals surface area (Å²) in [5.74, 6) is 1.17. The molecule has 1 saturated heterocycles. The van der Waals surface area contributed by atoms with E-state index in [0.717, 1.165) is 13.1 Å². The van der Waals surface area contributed by atoms with Gasteiger partial charge in [-0.1, -0.05) is 20.3 Å². The van der Waals surface area contributed by atoms with Gasteiger partial charge >= 0.3 is 0 Å². The second kappa shape index (κ2) is 9.00. The molecule has 0 aromatic rings. The molecular formula is C14H31IN4. The van der Waals surface area contributed by atoms with Gasteiger partial charge in [0.15, 0.2) is 5.96 Å². The fourth-order valence-electron chi connectivity index (χ4n) is 2.24. The molecule has 1 rings (SSSR count). The van der Waals surface area contributed by atoms with Gasteiger partial charge in [-0.25, -0.2) is 0 Å². The van der Waals surface area contributed by atoms with Crippen LogP contribution in [0.4, 0.5) is 0 Å². The highest BCUT2D eigenvalue weighted by molar-refractivity contribution is 14.0. The lowest BCUT2D eigenvalue weighted by Gasteiger charge is -2.40. The van der Waals surface area contributed by atoms with Crippen LogP contribution >= 0.6 is 24.0 Å². The summed E-state index contributed by atoms with van der Waals surface area (Å²) in [5, 5.41) is 3.17. The van der Waals surface area contributed by atoms with E-state index in [0.29, 0.717) is 11.9 Å². The molecule has 0 aliphatic carbocycles. The summed E-state index contributed by atoms with van der Waals surface area (Å²) < 4.78 is 0. The highest BCUT2D eigenvalue weighted by atomic mass is 127. The number of aliphatic imine (C=N–C) groups is 1. The molecule has 0 atom stereocenters. The van der Waals surface area contributed by atoms with E-state index in [1.807, 2.05) is 0 Å². The third kappa shape index (κ3) is 7.34. The molecule has 5 heteroatoms. The Morgan fingerprint density at radius 1 is 1.26 bits per heavy atom. The van der Waals surface area contributed by atoms with Gasteiger partial charge in [0.25, 0.3) is 0 Å². The predicted octanol–water partition coefficient (Wildman–Crippen LogP) is 2.43. The van der Waals surface area contributed by atoms with E-state index in [-0.39, 0.29) is 29.5 Å². The number of guanidine groups is 1. The van der Waals surface area contributed by atoms with Crippen LogP contribution in [0.15, 0.2) is 4.99 Å². The van der Waals surface area contributed by atoms with Crippen molar-refractivity contribution in [1.29, 1.82) is 0 Å². The quantitative estimate of drug-likeness (QED) is 0.436. The van der Waals surface area contributed by atoms with Crippen molar-refractivity contribution in [2.45, 2.75) is 52.5 Å². The van der Waals surface area contributed by atoms with Crippen molar-refractivity contribution in [2.24, 2.45) is 16.6 Å². The summed E-state index contributed by atoms with van der Waals surface area (Å²) in [6.45, 7) is 12.9. The van der Waals surface area contributed by atoms with Crippen LogP contribution in [0.1, 0.15) is 47.0 Å². The maximum Gasteiger partial charge on any atom is 0.188 e. The van der Waals surface area contributed by atoms with E-state index in [4.69, 9.17) is 5.73 Å². The fraction of sp³-hybridized carbons (Fsp3) is 0.929. The average molecular weight is 382 g/mol. The van der Waals surface area contributed by atoms with Gasteiger partial charge in [-0.05, 0) is 45.7 Å². The van der Waals surface area contributed by atoms with Gasteiger partial charge in [0, 0.05) is 12.1 Å². The monoisotopic (exact) mass is 382 g/mol. The molecule has 0 unspecified atom stereocenters. The number of halogens is 1. The number of likely N-dealkylation sites (tertiary alicyclic amines) is 1. The van der Waals surface area contributed by atoms with E-state index in [1.165, 1.54) is 32.4 Å². The van der Waals surface area contributed by atoms with Crippen LogP contribution in [0.25, 0.3) is 0 Å². The van der Waals surface area contributed by atoms with Gasteiger partial charge in [-0.2, -0.15) is 0 Å². The number of rotatable bonds is 5. The molecule has 0 amide bonds. The summed E-state index contributed by atoms with van der Waals surface area (Å²) in [6, 6.07) is 0. The molecule has 1 aliphatic heterocycles. The first kappa shape index (κ1) is 19.0. The summed E-state index contributed by atoms with van der Waals surface area (Å²) in [6.07, 6.45) is 4.00. The topological polar surface area (TPSA) is 53.6 Å². The standard InChI is InChI=1S/C14H30N4.HI/c1-12(2)10-16-13(15)17-11-14(3,4)18-8-6-5-7-9-18;/h12H,5-11H2,1-4H3,(H3,15,16,17);1H. The van der Waals surface area contributed by atoms with Gasteiger partial charge in [-0.3, -0.25) is 9.89 Å². The molecule has 1 fully saturated rings. The van der Waals surface area contributed by atoms with Gasteiger partial charge in [0.2, 0.25) is 0 Å². The minimum atomic E-state index is 0. The first-order valence-corrected chi connectivity index (χ1v) is 7.20. The number of hydrogen-bond donors (Lipinski definition) is 2. The zero-order valence-electron chi connectivity index (χ0n) is 12.9. The van der Waals surface area contributed by atoms with Crippen LogP contribution in [-0.4, -0.2) is 42.6 Å². The molecule has 0 bridgehead atoms. The van der Waals surface area contributed by atoms with E-state index >= 15 is 0 Å². The van der Waals surface area contributed by atoms with E-state index in [2.05, 4.69) is 42.9 Å². The number of nitrogens with zero attached hydrogens (tertiary/aromatic N) is 2. The third-order valence-corrected chi connectivity index (χ3v) is 3.54. The van der Waals surface area contributed by atoms with Crippen molar-refractivity contribution in [3.05, 3.63) is 0 Å². The minimum Gasteiger partial charge on any atom is -0.370 e. The maximum absolute atomic E-state index is 5.88. The minimum absolute atomic E-state index is 0. The number of nitrogens with one attached hydrogen (secondary N) is 1. The van der Waals surface area contributed by atoms with Crippen LogP contribution in [0.3, 0.4) is 0 Å². The van der Waals surface area contributed by atoms with E-state index in [9.17, 15) is 0 Å².